The van der Waals surface area contributed by atoms with Crippen molar-refractivity contribution in [2.75, 3.05) is 6.54 Å². The molecule has 1 aliphatic heterocycles. The van der Waals surface area contributed by atoms with Gasteiger partial charge in [-0.3, -0.25) is 14.7 Å². The number of hydrogen-bond acceptors (Lipinski definition) is 6. The van der Waals surface area contributed by atoms with Crippen LogP contribution in [0, 0.1) is 11.8 Å². The molecule has 2 aliphatic rings. The van der Waals surface area contributed by atoms with E-state index in [2.05, 4.69) is 15.3 Å². The number of hydrogen-bond donors (Lipinski definition) is 3. The van der Waals surface area contributed by atoms with Crippen molar-refractivity contribution in [1.82, 2.24) is 14.7 Å². The second-order valence-corrected chi connectivity index (χ2v) is 8.63. The van der Waals surface area contributed by atoms with Crippen molar-refractivity contribution in [3.05, 3.63) is 54.1 Å². The van der Waals surface area contributed by atoms with Crippen LogP contribution in [-0.2, 0) is 6.18 Å². The summed E-state index contributed by atoms with van der Waals surface area (Å²) in [6.07, 6.45) is 5.07. The van der Waals surface area contributed by atoms with Gasteiger partial charge >= 0.3 is 12.0 Å². The molecule has 5 N–H and O–H groups in total. The molecule has 3 heterocycles. The minimum atomic E-state index is -4.47. The van der Waals surface area contributed by atoms with E-state index in [4.69, 9.17) is 15.9 Å². The van der Waals surface area contributed by atoms with Crippen LogP contribution in [-0.4, -0.2) is 34.4 Å². The molecule has 174 valence electrons. The first-order valence-electron chi connectivity index (χ1n) is 10.9. The highest BCUT2D eigenvalue weighted by atomic mass is 19.4. The van der Waals surface area contributed by atoms with Gasteiger partial charge in [-0.1, -0.05) is 12.1 Å². The average molecular weight is 458 g/mol. The Balaban J connectivity index is 1.46. The molecule has 4 atom stereocenters. The third-order valence-electron chi connectivity index (χ3n) is 6.70. The number of aliphatic imine (C=N–C) groups is 1. The van der Waals surface area contributed by atoms with Crippen LogP contribution in [0.3, 0.4) is 0 Å². The van der Waals surface area contributed by atoms with Crippen molar-refractivity contribution in [1.29, 1.82) is 0 Å². The molecule has 1 aliphatic carbocycles. The summed E-state index contributed by atoms with van der Waals surface area (Å²) >= 11 is 0. The standard InChI is InChI=1S/C23H25F3N6O/c24-23(25,26)15-3-1-2-14(12-15)19-20(32-10-11-33-22(32)31-19)17(27)7-9-30-21-18(28)16-5-4-13(16)6-8-29-21/h1-3,7,9-13,16,18,21,29H,4-6,8,27-28H2/b17-7-,30-9?/t13?,16?,18-,21?/m0/s1. The zero-order valence-corrected chi connectivity index (χ0v) is 17.8. The van der Waals surface area contributed by atoms with Crippen LogP contribution in [0.15, 0.2) is 52.2 Å². The van der Waals surface area contributed by atoms with E-state index in [-0.39, 0.29) is 23.6 Å². The number of rotatable bonds is 4. The highest BCUT2D eigenvalue weighted by Crippen LogP contribution is 2.40. The molecule has 0 amide bonds. The number of nitrogens with two attached hydrogens (primary N) is 2. The number of benzene rings is 1. The monoisotopic (exact) mass is 458 g/mol. The van der Waals surface area contributed by atoms with Crippen LogP contribution in [0.5, 0.6) is 0 Å². The van der Waals surface area contributed by atoms with Crippen molar-refractivity contribution in [2.45, 2.75) is 37.6 Å². The topological polar surface area (TPSA) is 107 Å². The summed E-state index contributed by atoms with van der Waals surface area (Å²) in [5, 5.41) is 3.39. The second-order valence-electron chi connectivity index (χ2n) is 8.63. The van der Waals surface area contributed by atoms with E-state index >= 15 is 0 Å². The summed E-state index contributed by atoms with van der Waals surface area (Å²) in [7, 11) is 0. The minimum absolute atomic E-state index is 0.0617. The Hall–Kier alpha value is -3.11. The molecular formula is C23H25F3N6O. The first-order chi connectivity index (χ1) is 15.8. The summed E-state index contributed by atoms with van der Waals surface area (Å²) < 4.78 is 46.7. The Morgan fingerprint density at radius 3 is 2.88 bits per heavy atom. The average Bonchev–Trinajstić information content (AvgIpc) is 3.32. The van der Waals surface area contributed by atoms with Gasteiger partial charge in [0.25, 0.3) is 0 Å². The van der Waals surface area contributed by atoms with E-state index in [1.165, 1.54) is 18.8 Å². The van der Waals surface area contributed by atoms with E-state index < -0.39 is 11.7 Å². The number of nitrogens with one attached hydrogen (secondary N) is 1. The smallest absolute Gasteiger partial charge is 0.416 e. The van der Waals surface area contributed by atoms with Gasteiger partial charge in [0.1, 0.15) is 18.1 Å². The van der Waals surface area contributed by atoms with Crippen LogP contribution in [0.2, 0.25) is 0 Å². The van der Waals surface area contributed by atoms with Crippen LogP contribution >= 0.6 is 0 Å². The third kappa shape index (κ3) is 4.04. The normalized spacial score (nSPS) is 26.4. The summed E-state index contributed by atoms with van der Waals surface area (Å²) in [6.45, 7) is 0.869. The molecular weight excluding hydrogens is 433 g/mol. The van der Waals surface area contributed by atoms with E-state index in [1.54, 1.807) is 29.0 Å². The fraction of sp³-hybridized carbons (Fsp3) is 0.391. The molecule has 7 nitrogen and oxygen atoms in total. The molecule has 2 aromatic heterocycles. The van der Waals surface area contributed by atoms with Crippen molar-refractivity contribution in [2.24, 2.45) is 28.3 Å². The highest BCUT2D eigenvalue weighted by molar-refractivity contribution is 5.87. The molecule has 5 rings (SSSR count). The van der Waals surface area contributed by atoms with Crippen LogP contribution < -0.4 is 16.8 Å². The van der Waals surface area contributed by atoms with Gasteiger partial charge in [0.2, 0.25) is 0 Å². The van der Waals surface area contributed by atoms with E-state index in [0.29, 0.717) is 28.9 Å². The maximum atomic E-state index is 13.2. The largest absolute Gasteiger partial charge is 0.432 e. The minimum Gasteiger partial charge on any atom is -0.432 e. The first-order valence-corrected chi connectivity index (χ1v) is 10.9. The van der Waals surface area contributed by atoms with Crippen LogP contribution in [0.25, 0.3) is 22.8 Å². The molecule has 3 unspecified atom stereocenters. The lowest BCUT2D eigenvalue weighted by molar-refractivity contribution is -0.137. The Labute approximate surface area is 188 Å². The third-order valence-corrected chi connectivity index (χ3v) is 6.70. The zero-order valence-electron chi connectivity index (χ0n) is 17.8. The highest BCUT2D eigenvalue weighted by Gasteiger charge is 2.40. The lowest BCUT2D eigenvalue weighted by Crippen LogP contribution is -2.49. The van der Waals surface area contributed by atoms with Gasteiger partial charge in [0.05, 0.1) is 17.0 Å². The summed E-state index contributed by atoms with van der Waals surface area (Å²) in [5.74, 6) is 1.38. The van der Waals surface area contributed by atoms with E-state index in [1.807, 2.05) is 0 Å². The quantitative estimate of drug-likeness (QED) is 0.518. The number of nitrogens with zero attached hydrogens (tertiary/aromatic N) is 3. The maximum Gasteiger partial charge on any atom is 0.416 e. The van der Waals surface area contributed by atoms with Gasteiger partial charge < -0.3 is 15.9 Å². The van der Waals surface area contributed by atoms with Crippen molar-refractivity contribution in [3.8, 4) is 11.3 Å². The molecule has 0 radical (unpaired) electrons. The van der Waals surface area contributed by atoms with Crippen molar-refractivity contribution >= 4 is 17.8 Å². The van der Waals surface area contributed by atoms with Gasteiger partial charge in [-0.05, 0) is 55.9 Å². The van der Waals surface area contributed by atoms with Gasteiger partial charge in [0.15, 0.2) is 0 Å². The van der Waals surface area contributed by atoms with Crippen LogP contribution in [0.4, 0.5) is 13.2 Å². The molecule has 0 bridgehead atoms. The SMILES string of the molecule is N/C(=C\C=NC1NCCC2CCC2[C@@H]1N)c1c(-c2cccc(C(F)(F)F)c2)nc2occn12. The zero-order chi connectivity index (χ0) is 23.2. The van der Waals surface area contributed by atoms with Gasteiger partial charge in [-0.2, -0.15) is 18.2 Å². The predicted octanol–water partition coefficient (Wildman–Crippen LogP) is 3.66. The second kappa shape index (κ2) is 8.35. The number of allylic oxidation sites excluding steroid dienone is 1. The summed E-state index contributed by atoms with van der Waals surface area (Å²) in [4.78, 5) is 8.96. The summed E-state index contributed by atoms with van der Waals surface area (Å²) in [5.41, 5.74) is 13.3. The van der Waals surface area contributed by atoms with Crippen molar-refractivity contribution in [3.63, 3.8) is 0 Å². The maximum absolute atomic E-state index is 13.2. The van der Waals surface area contributed by atoms with Gasteiger partial charge in [0, 0.05) is 24.0 Å². The molecule has 1 saturated carbocycles. The predicted molar refractivity (Wildman–Crippen MR) is 119 cm³/mol. The molecule has 1 saturated heterocycles. The molecule has 1 aromatic carbocycles. The molecule has 2 fully saturated rings. The van der Waals surface area contributed by atoms with Gasteiger partial charge in [-0.25, -0.2) is 0 Å². The van der Waals surface area contributed by atoms with Crippen molar-refractivity contribution < 1.29 is 17.6 Å². The number of oxazole rings is 1. The number of fused-ring (bicyclic) bond motifs is 2. The number of halogens is 3. The molecule has 33 heavy (non-hydrogen) atoms. The Bertz CT molecular complexity index is 1210. The molecule has 10 heteroatoms. The Morgan fingerprint density at radius 2 is 2.12 bits per heavy atom. The Morgan fingerprint density at radius 1 is 1.27 bits per heavy atom. The number of aromatic nitrogens is 2. The Kier molecular flexibility index (Phi) is 5.49. The molecule has 0 spiro atoms. The van der Waals surface area contributed by atoms with Crippen LogP contribution in [0.1, 0.15) is 30.5 Å². The van der Waals surface area contributed by atoms with Gasteiger partial charge in [-0.15, -0.1) is 0 Å². The van der Waals surface area contributed by atoms with E-state index in [0.717, 1.165) is 31.5 Å². The molecule has 3 aromatic rings. The number of alkyl halides is 3. The first kappa shape index (κ1) is 21.7. The summed E-state index contributed by atoms with van der Waals surface area (Å²) in [6, 6.07) is 4.91. The lowest BCUT2D eigenvalue weighted by atomic mass is 9.68. The number of imidazole rings is 1. The fourth-order valence-electron chi connectivity index (χ4n) is 4.80. The fourth-order valence-corrected chi connectivity index (χ4v) is 4.80. The van der Waals surface area contributed by atoms with E-state index in [9.17, 15) is 13.2 Å². The lowest BCUT2D eigenvalue weighted by Gasteiger charge is -2.39.